The second kappa shape index (κ2) is 6.93. The molecule has 21 heavy (non-hydrogen) atoms. The molecule has 0 atom stereocenters. The highest BCUT2D eigenvalue weighted by Gasteiger charge is 2.15. The van der Waals surface area contributed by atoms with Crippen molar-refractivity contribution < 1.29 is 8.42 Å². The fraction of sp³-hybridized carbons (Fsp3) is 0.533. The van der Waals surface area contributed by atoms with Gasteiger partial charge >= 0.3 is 0 Å². The summed E-state index contributed by atoms with van der Waals surface area (Å²) in [6.07, 6.45) is 6.00. The molecule has 0 radical (unpaired) electrons. The lowest BCUT2D eigenvalue weighted by Crippen LogP contribution is -2.38. The Labute approximate surface area is 126 Å². The van der Waals surface area contributed by atoms with Crippen molar-refractivity contribution in [1.29, 1.82) is 0 Å². The van der Waals surface area contributed by atoms with Gasteiger partial charge in [-0.25, -0.2) is 13.4 Å². The Morgan fingerprint density at radius 3 is 2.52 bits per heavy atom. The highest BCUT2D eigenvalue weighted by Crippen LogP contribution is 2.17. The predicted molar refractivity (Wildman–Crippen MR) is 85.7 cm³/mol. The van der Waals surface area contributed by atoms with E-state index in [4.69, 9.17) is 5.73 Å². The SMILES string of the molecule is CS(=O)(=O)Cc1ccccc1CN=C(N)NC1CCCC1. The van der Waals surface area contributed by atoms with Gasteiger partial charge in [0, 0.05) is 12.3 Å². The number of benzene rings is 1. The third-order valence-electron chi connectivity index (χ3n) is 3.66. The number of nitrogens with two attached hydrogens (primary N) is 1. The van der Waals surface area contributed by atoms with Crippen LogP contribution in [0.15, 0.2) is 29.3 Å². The number of hydrogen-bond donors (Lipinski definition) is 2. The minimum atomic E-state index is -3.05. The highest BCUT2D eigenvalue weighted by molar-refractivity contribution is 7.89. The van der Waals surface area contributed by atoms with Crippen LogP contribution >= 0.6 is 0 Å². The highest BCUT2D eigenvalue weighted by atomic mass is 32.2. The smallest absolute Gasteiger partial charge is 0.189 e. The minimum absolute atomic E-state index is 0.0364. The number of aliphatic imine (C=N–C) groups is 1. The molecule has 1 aliphatic carbocycles. The van der Waals surface area contributed by atoms with E-state index in [9.17, 15) is 8.42 Å². The Balaban J connectivity index is 2.01. The molecule has 0 heterocycles. The molecule has 0 unspecified atom stereocenters. The minimum Gasteiger partial charge on any atom is -0.370 e. The second-order valence-corrected chi connectivity index (χ2v) is 7.81. The van der Waals surface area contributed by atoms with Crippen LogP contribution in [0.25, 0.3) is 0 Å². The molecule has 5 nitrogen and oxygen atoms in total. The Morgan fingerprint density at radius 1 is 1.29 bits per heavy atom. The van der Waals surface area contributed by atoms with Gasteiger partial charge in [0.05, 0.1) is 12.3 Å². The van der Waals surface area contributed by atoms with Crippen LogP contribution in [-0.2, 0) is 22.1 Å². The molecule has 0 spiro atoms. The summed E-state index contributed by atoms with van der Waals surface area (Å²) in [4.78, 5) is 4.34. The number of hydrogen-bond acceptors (Lipinski definition) is 3. The summed E-state index contributed by atoms with van der Waals surface area (Å²) < 4.78 is 22.9. The molecule has 0 aromatic heterocycles. The van der Waals surface area contributed by atoms with Crippen molar-refractivity contribution in [2.45, 2.75) is 44.0 Å². The van der Waals surface area contributed by atoms with Gasteiger partial charge in [0.1, 0.15) is 0 Å². The van der Waals surface area contributed by atoms with Crippen molar-refractivity contribution in [2.75, 3.05) is 6.26 Å². The van der Waals surface area contributed by atoms with Gasteiger partial charge in [0.15, 0.2) is 15.8 Å². The molecular formula is C15H23N3O2S. The molecule has 1 fully saturated rings. The first-order valence-electron chi connectivity index (χ1n) is 7.25. The average molecular weight is 309 g/mol. The number of nitrogens with one attached hydrogen (secondary N) is 1. The summed E-state index contributed by atoms with van der Waals surface area (Å²) in [5, 5.41) is 3.23. The van der Waals surface area contributed by atoms with Crippen LogP contribution in [0.4, 0.5) is 0 Å². The molecule has 2 rings (SSSR count). The fourth-order valence-electron chi connectivity index (χ4n) is 2.63. The van der Waals surface area contributed by atoms with Crippen LogP contribution in [0.1, 0.15) is 36.8 Å². The lowest BCUT2D eigenvalue weighted by molar-refractivity contribution is 0.601. The van der Waals surface area contributed by atoms with Gasteiger partial charge in [-0.3, -0.25) is 0 Å². The van der Waals surface area contributed by atoms with E-state index in [0.29, 0.717) is 18.5 Å². The van der Waals surface area contributed by atoms with E-state index in [1.165, 1.54) is 19.1 Å². The maximum atomic E-state index is 11.4. The van der Waals surface area contributed by atoms with Crippen molar-refractivity contribution in [3.63, 3.8) is 0 Å². The lowest BCUT2D eigenvalue weighted by atomic mass is 10.1. The van der Waals surface area contributed by atoms with Crippen molar-refractivity contribution in [1.82, 2.24) is 5.32 Å². The van der Waals surface area contributed by atoms with Crippen LogP contribution in [0.2, 0.25) is 0 Å². The molecule has 0 amide bonds. The number of guanidine groups is 1. The predicted octanol–water partition coefficient (Wildman–Crippen LogP) is 1.58. The maximum Gasteiger partial charge on any atom is 0.189 e. The number of sulfone groups is 1. The molecule has 0 aliphatic heterocycles. The van der Waals surface area contributed by atoms with Crippen molar-refractivity contribution in [3.05, 3.63) is 35.4 Å². The number of rotatable bonds is 5. The number of nitrogens with zero attached hydrogens (tertiary/aromatic N) is 1. The zero-order chi connectivity index (χ0) is 15.3. The summed E-state index contributed by atoms with van der Waals surface area (Å²) in [5.41, 5.74) is 7.59. The molecule has 1 aromatic rings. The van der Waals surface area contributed by atoms with Gasteiger partial charge in [0.2, 0.25) is 0 Å². The van der Waals surface area contributed by atoms with Gasteiger partial charge in [-0.15, -0.1) is 0 Å². The second-order valence-electron chi connectivity index (χ2n) is 5.67. The topological polar surface area (TPSA) is 84.5 Å². The van der Waals surface area contributed by atoms with E-state index in [2.05, 4.69) is 10.3 Å². The van der Waals surface area contributed by atoms with Crippen LogP contribution in [-0.4, -0.2) is 26.7 Å². The van der Waals surface area contributed by atoms with Gasteiger partial charge in [-0.1, -0.05) is 37.1 Å². The van der Waals surface area contributed by atoms with Crippen LogP contribution in [0, 0.1) is 0 Å². The summed E-state index contributed by atoms with van der Waals surface area (Å²) in [6.45, 7) is 0.400. The lowest BCUT2D eigenvalue weighted by Gasteiger charge is -2.12. The zero-order valence-electron chi connectivity index (χ0n) is 12.4. The first-order chi connectivity index (χ1) is 9.94. The quantitative estimate of drug-likeness (QED) is 0.639. The molecule has 1 aromatic carbocycles. The fourth-order valence-corrected chi connectivity index (χ4v) is 3.48. The normalized spacial score (nSPS) is 17.1. The largest absolute Gasteiger partial charge is 0.370 e. The summed E-state index contributed by atoms with van der Waals surface area (Å²) in [7, 11) is -3.05. The van der Waals surface area contributed by atoms with Crippen molar-refractivity contribution >= 4 is 15.8 Å². The van der Waals surface area contributed by atoms with Crippen LogP contribution in [0.3, 0.4) is 0 Å². The first kappa shape index (κ1) is 15.8. The van der Waals surface area contributed by atoms with Crippen LogP contribution < -0.4 is 11.1 Å². The van der Waals surface area contributed by atoms with Crippen molar-refractivity contribution in [2.24, 2.45) is 10.7 Å². The summed E-state index contributed by atoms with van der Waals surface area (Å²) >= 11 is 0. The molecule has 116 valence electrons. The molecule has 0 saturated heterocycles. The van der Waals surface area contributed by atoms with Crippen molar-refractivity contribution in [3.8, 4) is 0 Å². The Bertz CT molecular complexity index is 605. The Morgan fingerprint density at radius 2 is 1.90 bits per heavy atom. The van der Waals surface area contributed by atoms with Gasteiger partial charge < -0.3 is 11.1 Å². The third kappa shape index (κ3) is 5.38. The molecule has 3 N–H and O–H groups in total. The molecule has 6 heteroatoms. The molecular weight excluding hydrogens is 286 g/mol. The van der Waals surface area contributed by atoms with E-state index in [-0.39, 0.29) is 5.75 Å². The van der Waals surface area contributed by atoms with Crippen LogP contribution in [0.5, 0.6) is 0 Å². The summed E-state index contributed by atoms with van der Waals surface area (Å²) in [5.74, 6) is 0.477. The summed E-state index contributed by atoms with van der Waals surface area (Å²) in [6, 6.07) is 7.88. The molecule has 0 bridgehead atoms. The zero-order valence-corrected chi connectivity index (χ0v) is 13.2. The standard InChI is InChI=1S/C15H23N3O2S/c1-21(19,20)11-13-7-3-2-6-12(13)10-17-15(16)18-14-8-4-5-9-14/h2-3,6-7,14H,4-5,8-11H2,1H3,(H3,16,17,18). The first-order valence-corrected chi connectivity index (χ1v) is 9.31. The van der Waals surface area contributed by atoms with Gasteiger partial charge in [0.25, 0.3) is 0 Å². The molecule has 1 aliphatic rings. The average Bonchev–Trinajstić information content (AvgIpc) is 2.89. The van der Waals surface area contributed by atoms with E-state index in [0.717, 1.165) is 24.0 Å². The Kier molecular flexibility index (Phi) is 5.22. The Hall–Kier alpha value is -1.56. The monoisotopic (exact) mass is 309 g/mol. The van der Waals surface area contributed by atoms with E-state index < -0.39 is 9.84 Å². The third-order valence-corrected chi connectivity index (χ3v) is 4.50. The van der Waals surface area contributed by atoms with Gasteiger partial charge in [-0.2, -0.15) is 0 Å². The molecule has 1 saturated carbocycles. The van der Waals surface area contributed by atoms with Gasteiger partial charge in [-0.05, 0) is 24.0 Å². The van der Waals surface area contributed by atoms with E-state index in [1.807, 2.05) is 24.3 Å². The van der Waals surface area contributed by atoms with E-state index in [1.54, 1.807) is 0 Å². The van der Waals surface area contributed by atoms with E-state index >= 15 is 0 Å². The maximum absolute atomic E-state index is 11.4.